The van der Waals surface area contributed by atoms with E-state index in [9.17, 15) is 4.79 Å². The second kappa shape index (κ2) is 6.24. The molecule has 1 saturated carbocycles. The molecule has 96 valence electrons. The predicted octanol–water partition coefficient (Wildman–Crippen LogP) is 2.76. The number of carbonyl (C=O) groups excluding carboxylic acids is 1. The highest BCUT2D eigenvalue weighted by Gasteiger charge is 2.16. The maximum atomic E-state index is 11.4. The molecule has 0 heterocycles. The Morgan fingerprint density at radius 1 is 1.39 bits per heavy atom. The van der Waals surface area contributed by atoms with Gasteiger partial charge in [-0.25, -0.2) is 4.79 Å². The third-order valence-corrected chi connectivity index (χ3v) is 3.15. The molecule has 1 aromatic rings. The standard InChI is InChI=1S/C15H20N2O/c1-12-4-2-3-5-14(12)9-11-17-15(18)16-10-8-13-6-7-13/h2-5,8,10,13H,6-7,9,11H2,1H3,(H2,16,17,18)/b10-8+. The fourth-order valence-electron chi connectivity index (χ4n) is 1.80. The minimum Gasteiger partial charge on any atom is -0.338 e. The predicted molar refractivity (Wildman–Crippen MR) is 73.3 cm³/mol. The minimum atomic E-state index is -0.125. The Morgan fingerprint density at radius 3 is 2.89 bits per heavy atom. The Bertz CT molecular complexity index is 436. The van der Waals surface area contributed by atoms with Gasteiger partial charge in [0.15, 0.2) is 0 Å². The first-order valence-electron chi connectivity index (χ1n) is 6.51. The van der Waals surface area contributed by atoms with Gasteiger partial charge in [0.05, 0.1) is 0 Å². The first-order chi connectivity index (χ1) is 8.75. The van der Waals surface area contributed by atoms with Gasteiger partial charge < -0.3 is 10.6 Å². The number of allylic oxidation sites excluding steroid dienone is 1. The summed E-state index contributed by atoms with van der Waals surface area (Å²) in [4.78, 5) is 11.4. The maximum Gasteiger partial charge on any atom is 0.318 e. The number of benzene rings is 1. The molecule has 1 aliphatic carbocycles. The van der Waals surface area contributed by atoms with Gasteiger partial charge in [0, 0.05) is 12.7 Å². The van der Waals surface area contributed by atoms with Crippen LogP contribution in [0.2, 0.25) is 0 Å². The molecule has 2 amide bonds. The van der Waals surface area contributed by atoms with Crippen LogP contribution in [0.1, 0.15) is 24.0 Å². The number of rotatable bonds is 5. The quantitative estimate of drug-likeness (QED) is 0.821. The summed E-state index contributed by atoms with van der Waals surface area (Å²) in [5, 5.41) is 5.58. The second-order valence-corrected chi connectivity index (χ2v) is 4.77. The van der Waals surface area contributed by atoms with Crippen LogP contribution in [0.25, 0.3) is 0 Å². The van der Waals surface area contributed by atoms with Crippen LogP contribution in [-0.2, 0) is 6.42 Å². The van der Waals surface area contributed by atoms with Crippen molar-refractivity contribution in [3.8, 4) is 0 Å². The summed E-state index contributed by atoms with van der Waals surface area (Å²) < 4.78 is 0. The van der Waals surface area contributed by atoms with Crippen molar-refractivity contribution < 1.29 is 4.79 Å². The molecule has 0 atom stereocenters. The van der Waals surface area contributed by atoms with Crippen LogP contribution < -0.4 is 10.6 Å². The number of carbonyl (C=O) groups is 1. The lowest BCUT2D eigenvalue weighted by atomic mass is 10.1. The van der Waals surface area contributed by atoms with Crippen LogP contribution in [0.4, 0.5) is 4.79 Å². The van der Waals surface area contributed by atoms with Crippen LogP contribution in [0.5, 0.6) is 0 Å². The van der Waals surface area contributed by atoms with Crippen molar-refractivity contribution >= 4 is 6.03 Å². The topological polar surface area (TPSA) is 41.1 Å². The smallest absolute Gasteiger partial charge is 0.318 e. The molecule has 2 N–H and O–H groups in total. The van der Waals surface area contributed by atoms with E-state index >= 15 is 0 Å². The van der Waals surface area contributed by atoms with Gasteiger partial charge in [-0.15, -0.1) is 0 Å². The summed E-state index contributed by atoms with van der Waals surface area (Å²) in [6.07, 6.45) is 7.19. The number of hydrogen-bond acceptors (Lipinski definition) is 1. The molecule has 0 unspecified atom stereocenters. The lowest BCUT2D eigenvalue weighted by Gasteiger charge is -2.07. The summed E-state index contributed by atoms with van der Waals surface area (Å²) >= 11 is 0. The van der Waals surface area contributed by atoms with Gasteiger partial charge in [-0.1, -0.05) is 30.3 Å². The number of hydrogen-bond donors (Lipinski definition) is 2. The van der Waals surface area contributed by atoms with E-state index in [1.54, 1.807) is 6.20 Å². The zero-order valence-corrected chi connectivity index (χ0v) is 10.8. The van der Waals surface area contributed by atoms with Gasteiger partial charge in [-0.05, 0) is 43.2 Å². The molecule has 1 aliphatic rings. The second-order valence-electron chi connectivity index (χ2n) is 4.77. The molecule has 0 aromatic heterocycles. The number of nitrogens with one attached hydrogen (secondary N) is 2. The van der Waals surface area contributed by atoms with Crippen molar-refractivity contribution in [2.45, 2.75) is 26.2 Å². The van der Waals surface area contributed by atoms with E-state index in [-0.39, 0.29) is 6.03 Å². The Labute approximate surface area is 108 Å². The van der Waals surface area contributed by atoms with Crippen molar-refractivity contribution in [3.63, 3.8) is 0 Å². The maximum absolute atomic E-state index is 11.4. The first-order valence-corrected chi connectivity index (χ1v) is 6.51. The summed E-state index contributed by atoms with van der Waals surface area (Å²) in [6.45, 7) is 2.75. The molecule has 0 spiro atoms. The van der Waals surface area contributed by atoms with Gasteiger partial charge in [0.1, 0.15) is 0 Å². The van der Waals surface area contributed by atoms with Gasteiger partial charge in [0.25, 0.3) is 0 Å². The van der Waals surface area contributed by atoms with Crippen molar-refractivity contribution in [3.05, 3.63) is 47.7 Å². The lowest BCUT2D eigenvalue weighted by molar-refractivity contribution is 0.244. The van der Waals surface area contributed by atoms with Gasteiger partial charge in [-0.2, -0.15) is 0 Å². The minimum absolute atomic E-state index is 0.125. The molecule has 0 saturated heterocycles. The van der Waals surface area contributed by atoms with Crippen LogP contribution in [-0.4, -0.2) is 12.6 Å². The zero-order valence-electron chi connectivity index (χ0n) is 10.8. The van der Waals surface area contributed by atoms with E-state index < -0.39 is 0 Å². The Hall–Kier alpha value is -1.77. The van der Waals surface area contributed by atoms with Gasteiger partial charge >= 0.3 is 6.03 Å². The van der Waals surface area contributed by atoms with E-state index in [1.165, 1.54) is 24.0 Å². The van der Waals surface area contributed by atoms with E-state index in [0.29, 0.717) is 12.5 Å². The molecule has 18 heavy (non-hydrogen) atoms. The molecule has 1 fully saturated rings. The average molecular weight is 244 g/mol. The van der Waals surface area contributed by atoms with Crippen molar-refractivity contribution in [1.82, 2.24) is 10.6 Å². The SMILES string of the molecule is Cc1ccccc1CCNC(=O)N/C=C/C1CC1. The van der Waals surface area contributed by atoms with E-state index in [1.807, 2.05) is 12.1 Å². The third-order valence-electron chi connectivity index (χ3n) is 3.15. The highest BCUT2D eigenvalue weighted by atomic mass is 16.2. The zero-order chi connectivity index (χ0) is 12.8. The molecule has 3 heteroatoms. The van der Waals surface area contributed by atoms with Gasteiger partial charge in [-0.3, -0.25) is 0 Å². The Kier molecular flexibility index (Phi) is 4.40. The molecule has 0 aliphatic heterocycles. The molecular weight excluding hydrogens is 224 g/mol. The first kappa shape index (κ1) is 12.7. The summed E-state index contributed by atoms with van der Waals surface area (Å²) in [5.41, 5.74) is 2.56. The average Bonchev–Trinajstić information content (AvgIpc) is 3.16. The molecule has 1 aromatic carbocycles. The number of aryl methyl sites for hydroxylation is 1. The normalized spacial score (nSPS) is 14.7. The third kappa shape index (κ3) is 4.24. The van der Waals surface area contributed by atoms with E-state index in [2.05, 4.69) is 35.8 Å². The molecule has 2 rings (SSSR count). The van der Waals surface area contributed by atoms with Crippen molar-refractivity contribution in [2.75, 3.05) is 6.54 Å². The lowest BCUT2D eigenvalue weighted by Crippen LogP contribution is -2.33. The summed E-state index contributed by atoms with van der Waals surface area (Å²) in [7, 11) is 0. The van der Waals surface area contributed by atoms with Crippen LogP contribution in [0, 0.1) is 12.8 Å². The molecule has 3 nitrogen and oxygen atoms in total. The molecule has 0 radical (unpaired) electrons. The van der Waals surface area contributed by atoms with Crippen molar-refractivity contribution in [1.29, 1.82) is 0 Å². The van der Waals surface area contributed by atoms with E-state index in [4.69, 9.17) is 0 Å². The summed E-state index contributed by atoms with van der Waals surface area (Å²) in [5.74, 6) is 0.692. The molecular formula is C15H20N2O. The number of urea groups is 1. The Morgan fingerprint density at radius 2 is 2.17 bits per heavy atom. The highest BCUT2D eigenvalue weighted by molar-refractivity contribution is 5.74. The van der Waals surface area contributed by atoms with Gasteiger partial charge in [0.2, 0.25) is 0 Å². The fourth-order valence-corrected chi connectivity index (χ4v) is 1.80. The Balaban J connectivity index is 1.65. The van der Waals surface area contributed by atoms with E-state index in [0.717, 1.165) is 6.42 Å². The van der Waals surface area contributed by atoms with Crippen LogP contribution >= 0.6 is 0 Å². The fraction of sp³-hybridized carbons (Fsp3) is 0.400. The van der Waals surface area contributed by atoms with Crippen LogP contribution in [0.3, 0.4) is 0 Å². The van der Waals surface area contributed by atoms with Crippen LogP contribution in [0.15, 0.2) is 36.5 Å². The summed E-state index contributed by atoms with van der Waals surface area (Å²) in [6, 6.07) is 8.12. The highest BCUT2D eigenvalue weighted by Crippen LogP contribution is 2.29. The molecule has 0 bridgehead atoms. The van der Waals surface area contributed by atoms with Crippen molar-refractivity contribution in [2.24, 2.45) is 5.92 Å². The number of amides is 2. The largest absolute Gasteiger partial charge is 0.338 e. The monoisotopic (exact) mass is 244 g/mol.